The number of aromatic amines is 1. The van der Waals surface area contributed by atoms with Crippen LogP contribution in [0.25, 0.3) is 0 Å². The number of amides is 2. The maximum Gasteiger partial charge on any atom is 0.320 e. The summed E-state index contributed by atoms with van der Waals surface area (Å²) in [5.74, 6) is 1.44. The van der Waals surface area contributed by atoms with E-state index in [4.69, 9.17) is 0 Å². The van der Waals surface area contributed by atoms with Gasteiger partial charge in [0.15, 0.2) is 0 Å². The second-order valence-corrected chi connectivity index (χ2v) is 6.03. The molecule has 2 amide bonds. The Morgan fingerprint density at radius 2 is 2.36 bits per heavy atom. The molecule has 0 saturated heterocycles. The average molecular weight is 323 g/mol. The van der Waals surface area contributed by atoms with Gasteiger partial charge < -0.3 is 5.32 Å². The van der Waals surface area contributed by atoms with Gasteiger partial charge in [-0.05, 0) is 20.3 Å². The fourth-order valence-electron chi connectivity index (χ4n) is 1.86. The normalized spacial score (nSPS) is 12.1. The van der Waals surface area contributed by atoms with Crippen LogP contribution in [0.4, 0.5) is 10.6 Å². The molecule has 22 heavy (non-hydrogen) atoms. The first-order valence-electron chi connectivity index (χ1n) is 7.19. The second-order valence-electron chi connectivity index (χ2n) is 4.91. The van der Waals surface area contributed by atoms with Crippen LogP contribution in [0.15, 0.2) is 17.3 Å². The van der Waals surface area contributed by atoms with E-state index in [-0.39, 0.29) is 12.1 Å². The molecule has 2 rings (SSSR count). The first-order valence-corrected chi connectivity index (χ1v) is 8.18. The van der Waals surface area contributed by atoms with Crippen LogP contribution in [0.5, 0.6) is 0 Å². The summed E-state index contributed by atoms with van der Waals surface area (Å²) < 4.78 is 1.85. The van der Waals surface area contributed by atoms with Gasteiger partial charge in [-0.25, -0.2) is 9.48 Å². The zero-order valence-corrected chi connectivity index (χ0v) is 13.8. The van der Waals surface area contributed by atoms with Crippen molar-refractivity contribution in [1.29, 1.82) is 0 Å². The van der Waals surface area contributed by atoms with E-state index in [1.54, 1.807) is 6.20 Å². The van der Waals surface area contributed by atoms with E-state index in [1.807, 2.05) is 17.7 Å². The largest absolute Gasteiger partial charge is 0.337 e. The third kappa shape index (κ3) is 4.48. The number of H-pyrrole nitrogens is 1. The van der Waals surface area contributed by atoms with E-state index in [2.05, 4.69) is 45.0 Å². The zero-order chi connectivity index (χ0) is 15.9. The van der Waals surface area contributed by atoms with Crippen molar-refractivity contribution in [2.75, 3.05) is 17.6 Å². The lowest BCUT2D eigenvalue weighted by Crippen LogP contribution is -2.31. The molecular formula is C13H21N7OS. The minimum Gasteiger partial charge on any atom is -0.337 e. The Bertz CT molecular complexity index is 596. The zero-order valence-electron chi connectivity index (χ0n) is 13.0. The van der Waals surface area contributed by atoms with Crippen molar-refractivity contribution >= 4 is 23.6 Å². The summed E-state index contributed by atoms with van der Waals surface area (Å²) in [6.07, 6.45) is 2.60. The van der Waals surface area contributed by atoms with Crippen LogP contribution < -0.4 is 10.6 Å². The van der Waals surface area contributed by atoms with Gasteiger partial charge in [-0.1, -0.05) is 6.92 Å². The fraction of sp³-hybridized carbons (Fsp3) is 0.538. The van der Waals surface area contributed by atoms with Gasteiger partial charge >= 0.3 is 6.03 Å². The van der Waals surface area contributed by atoms with Gasteiger partial charge in [-0.3, -0.25) is 5.32 Å². The van der Waals surface area contributed by atoms with Gasteiger partial charge in [0.25, 0.3) is 0 Å². The number of nitrogens with one attached hydrogen (secondary N) is 3. The summed E-state index contributed by atoms with van der Waals surface area (Å²) in [6, 6.07) is 1.88. The molecule has 0 bridgehead atoms. The molecule has 0 unspecified atom stereocenters. The summed E-state index contributed by atoms with van der Waals surface area (Å²) in [7, 11) is 0. The smallest absolute Gasteiger partial charge is 0.320 e. The predicted octanol–water partition coefficient (Wildman–Crippen LogP) is 2.19. The van der Waals surface area contributed by atoms with Crippen LogP contribution in [-0.2, 0) is 0 Å². The monoisotopic (exact) mass is 323 g/mol. The summed E-state index contributed by atoms with van der Waals surface area (Å²) in [6.45, 7) is 6.62. The number of nitrogens with zero attached hydrogens (tertiary/aromatic N) is 4. The number of urea groups is 1. The van der Waals surface area contributed by atoms with Crippen molar-refractivity contribution in [3.8, 4) is 0 Å². The Kier molecular flexibility index (Phi) is 5.82. The molecule has 0 radical (unpaired) electrons. The van der Waals surface area contributed by atoms with E-state index in [1.165, 1.54) is 11.8 Å². The van der Waals surface area contributed by atoms with Gasteiger partial charge in [-0.15, -0.1) is 16.9 Å². The molecular weight excluding hydrogens is 302 g/mol. The first-order chi connectivity index (χ1) is 10.6. The molecule has 0 aliphatic carbocycles. The van der Waals surface area contributed by atoms with Crippen LogP contribution in [0.3, 0.4) is 0 Å². The molecule has 3 N–H and O–H groups in total. The van der Waals surface area contributed by atoms with E-state index in [0.29, 0.717) is 12.4 Å². The molecule has 8 nitrogen and oxygen atoms in total. The molecule has 9 heteroatoms. The summed E-state index contributed by atoms with van der Waals surface area (Å²) in [5.41, 5.74) is 0.886. The van der Waals surface area contributed by atoms with Crippen molar-refractivity contribution in [3.63, 3.8) is 0 Å². The van der Waals surface area contributed by atoms with Crippen molar-refractivity contribution < 1.29 is 4.79 Å². The van der Waals surface area contributed by atoms with Crippen LogP contribution in [-0.4, -0.2) is 43.5 Å². The third-order valence-electron chi connectivity index (χ3n) is 3.14. The minimum atomic E-state index is -0.231. The molecule has 0 fully saturated rings. The second kappa shape index (κ2) is 7.83. The first kappa shape index (κ1) is 16.3. The van der Waals surface area contributed by atoms with Gasteiger partial charge in [0.05, 0.1) is 17.9 Å². The van der Waals surface area contributed by atoms with Gasteiger partial charge in [0, 0.05) is 18.4 Å². The number of thioether (sulfide) groups is 1. The van der Waals surface area contributed by atoms with Crippen molar-refractivity contribution in [2.24, 2.45) is 0 Å². The molecule has 1 atom stereocenters. The Morgan fingerprint density at radius 3 is 3.05 bits per heavy atom. The number of aryl methyl sites for hydroxylation is 1. The third-order valence-corrected chi connectivity index (χ3v) is 4.04. The highest BCUT2D eigenvalue weighted by Crippen LogP contribution is 2.18. The summed E-state index contributed by atoms with van der Waals surface area (Å²) in [5, 5.41) is 21.1. The van der Waals surface area contributed by atoms with Crippen molar-refractivity contribution in [3.05, 3.63) is 18.0 Å². The molecule has 0 saturated carbocycles. The SMILES string of the molecule is CC[C@H](C)n1nc(C)cc1NC(=O)NCCSc1cn[nH]n1. The molecule has 0 aliphatic rings. The Hall–Kier alpha value is -2.03. The van der Waals surface area contributed by atoms with E-state index in [9.17, 15) is 4.79 Å². The molecule has 120 valence electrons. The van der Waals surface area contributed by atoms with Crippen molar-refractivity contribution in [2.45, 2.75) is 38.3 Å². The van der Waals surface area contributed by atoms with Crippen LogP contribution in [0, 0.1) is 6.92 Å². The van der Waals surface area contributed by atoms with Crippen LogP contribution in [0.1, 0.15) is 32.0 Å². The molecule has 2 heterocycles. The predicted molar refractivity (Wildman–Crippen MR) is 86.1 cm³/mol. The number of carbonyl (C=O) groups excluding carboxylic acids is 1. The Morgan fingerprint density at radius 1 is 1.55 bits per heavy atom. The number of hydrogen-bond donors (Lipinski definition) is 3. The molecule has 0 spiro atoms. The summed E-state index contributed by atoms with van der Waals surface area (Å²) >= 11 is 1.53. The molecule has 2 aromatic rings. The maximum absolute atomic E-state index is 11.9. The quantitative estimate of drug-likeness (QED) is 0.536. The van der Waals surface area contributed by atoms with Crippen LogP contribution >= 0.6 is 11.8 Å². The topological polar surface area (TPSA) is 101 Å². The standard InChI is InChI=1S/C13H21N7OS/c1-4-10(3)20-11(7-9(2)18-20)16-13(21)14-5-6-22-12-8-15-19-17-12/h7-8,10H,4-6H2,1-3H3,(H2,14,16,21)(H,15,17,19)/t10-/m0/s1. The number of rotatable bonds is 7. The molecule has 0 aromatic carbocycles. The van der Waals surface area contributed by atoms with Crippen molar-refractivity contribution in [1.82, 2.24) is 30.5 Å². The lowest BCUT2D eigenvalue weighted by molar-refractivity contribution is 0.252. The molecule has 2 aromatic heterocycles. The van der Waals surface area contributed by atoms with E-state index in [0.717, 1.165) is 22.9 Å². The van der Waals surface area contributed by atoms with E-state index >= 15 is 0 Å². The number of aromatic nitrogens is 5. The van der Waals surface area contributed by atoms with Gasteiger partial charge in [0.1, 0.15) is 10.8 Å². The Balaban J connectivity index is 1.79. The average Bonchev–Trinajstić information content (AvgIpc) is 3.12. The lowest BCUT2D eigenvalue weighted by atomic mass is 10.3. The van der Waals surface area contributed by atoms with Crippen LogP contribution in [0.2, 0.25) is 0 Å². The lowest BCUT2D eigenvalue weighted by Gasteiger charge is -2.14. The highest BCUT2D eigenvalue weighted by Gasteiger charge is 2.12. The Labute approximate surface area is 133 Å². The maximum atomic E-state index is 11.9. The van der Waals surface area contributed by atoms with Gasteiger partial charge in [0.2, 0.25) is 0 Å². The highest BCUT2D eigenvalue weighted by atomic mass is 32.2. The highest BCUT2D eigenvalue weighted by molar-refractivity contribution is 7.99. The molecule has 0 aliphatic heterocycles. The number of anilines is 1. The minimum absolute atomic E-state index is 0.231. The van der Waals surface area contributed by atoms with Gasteiger partial charge in [-0.2, -0.15) is 15.4 Å². The number of carbonyl (C=O) groups is 1. The number of hydrogen-bond acceptors (Lipinski definition) is 5. The summed E-state index contributed by atoms with van der Waals surface area (Å²) in [4.78, 5) is 11.9. The van der Waals surface area contributed by atoms with E-state index < -0.39 is 0 Å². The fourth-order valence-corrected chi connectivity index (χ4v) is 2.51.